The molecule has 21 heavy (non-hydrogen) atoms. The van der Waals surface area contributed by atoms with Gasteiger partial charge in [0.2, 0.25) is 0 Å². The number of carboxylic acids is 1. The van der Waals surface area contributed by atoms with Crippen LogP contribution in [0.2, 0.25) is 5.02 Å². The predicted octanol–water partition coefficient (Wildman–Crippen LogP) is 4.10. The van der Waals surface area contributed by atoms with E-state index in [1.54, 1.807) is 24.3 Å². The molecule has 0 amide bonds. The minimum atomic E-state index is -0.977. The summed E-state index contributed by atoms with van der Waals surface area (Å²) in [6.07, 6.45) is 0.431. The van der Waals surface area contributed by atoms with E-state index in [1.165, 1.54) is 6.07 Å². The number of benzene rings is 2. The number of carboxylic acid groups (broad SMARTS) is 1. The summed E-state index contributed by atoms with van der Waals surface area (Å²) in [4.78, 5) is 11.3. The van der Waals surface area contributed by atoms with Crippen LogP contribution in [-0.4, -0.2) is 11.1 Å². The minimum absolute atomic E-state index is 0.134. The first-order valence-electron chi connectivity index (χ1n) is 6.37. The van der Waals surface area contributed by atoms with E-state index in [4.69, 9.17) is 11.6 Å². The number of hydrogen-bond donors (Lipinski definition) is 1. The van der Waals surface area contributed by atoms with E-state index in [-0.39, 0.29) is 6.42 Å². The highest BCUT2D eigenvalue weighted by molar-refractivity contribution is 6.30. The second kappa shape index (κ2) is 6.68. The van der Waals surface area contributed by atoms with Gasteiger partial charge >= 0.3 is 5.97 Å². The van der Waals surface area contributed by atoms with Gasteiger partial charge in [0.15, 0.2) is 11.6 Å². The average molecular weight is 311 g/mol. The standard InChI is InChI=1S/C16H13ClF2O2/c17-13-4-1-10(2-5-13)7-12(16(20)21)8-11-3-6-14(18)15(19)9-11/h1-6,9,12H,7-8H2,(H,20,21). The lowest BCUT2D eigenvalue weighted by Gasteiger charge is -2.13. The van der Waals surface area contributed by atoms with Crippen molar-refractivity contribution in [3.05, 3.63) is 70.2 Å². The number of hydrogen-bond acceptors (Lipinski definition) is 1. The fourth-order valence-electron chi connectivity index (χ4n) is 2.10. The summed E-state index contributed by atoms with van der Waals surface area (Å²) in [5, 5.41) is 9.86. The number of aliphatic carboxylic acids is 1. The summed E-state index contributed by atoms with van der Waals surface area (Å²) >= 11 is 5.78. The van der Waals surface area contributed by atoms with Gasteiger partial charge in [0.25, 0.3) is 0 Å². The monoisotopic (exact) mass is 310 g/mol. The van der Waals surface area contributed by atoms with Crippen LogP contribution < -0.4 is 0 Å². The van der Waals surface area contributed by atoms with Crippen LogP contribution in [0.5, 0.6) is 0 Å². The highest BCUT2D eigenvalue weighted by atomic mass is 35.5. The van der Waals surface area contributed by atoms with Gasteiger partial charge in [-0.2, -0.15) is 0 Å². The Morgan fingerprint density at radius 2 is 1.57 bits per heavy atom. The quantitative estimate of drug-likeness (QED) is 0.902. The minimum Gasteiger partial charge on any atom is -0.481 e. The maximum atomic E-state index is 13.2. The smallest absolute Gasteiger partial charge is 0.307 e. The molecule has 2 aromatic rings. The maximum Gasteiger partial charge on any atom is 0.307 e. The van der Waals surface area contributed by atoms with Gasteiger partial charge in [0.1, 0.15) is 0 Å². The van der Waals surface area contributed by atoms with Gasteiger partial charge in [-0.25, -0.2) is 8.78 Å². The molecule has 0 fully saturated rings. The van der Waals surface area contributed by atoms with E-state index in [0.29, 0.717) is 17.0 Å². The van der Waals surface area contributed by atoms with Crippen LogP contribution in [0.25, 0.3) is 0 Å². The summed E-state index contributed by atoms with van der Waals surface area (Å²) in [7, 11) is 0. The van der Waals surface area contributed by atoms with Crippen molar-refractivity contribution >= 4 is 17.6 Å². The molecule has 0 aliphatic heterocycles. The molecular weight excluding hydrogens is 298 g/mol. The summed E-state index contributed by atoms with van der Waals surface area (Å²) in [5.41, 5.74) is 1.28. The maximum absolute atomic E-state index is 13.2. The molecule has 1 atom stereocenters. The van der Waals surface area contributed by atoms with E-state index in [0.717, 1.165) is 17.7 Å². The van der Waals surface area contributed by atoms with E-state index in [1.807, 2.05) is 0 Å². The molecule has 0 spiro atoms. The Morgan fingerprint density at radius 1 is 1.00 bits per heavy atom. The molecule has 5 heteroatoms. The largest absolute Gasteiger partial charge is 0.481 e. The Hall–Kier alpha value is -1.94. The zero-order valence-corrected chi connectivity index (χ0v) is 11.8. The molecule has 0 aliphatic carbocycles. The van der Waals surface area contributed by atoms with E-state index >= 15 is 0 Å². The second-order valence-electron chi connectivity index (χ2n) is 4.82. The van der Waals surface area contributed by atoms with Crippen molar-refractivity contribution in [1.82, 2.24) is 0 Å². The zero-order valence-electron chi connectivity index (χ0n) is 11.0. The van der Waals surface area contributed by atoms with E-state index in [9.17, 15) is 18.7 Å². The van der Waals surface area contributed by atoms with Crippen molar-refractivity contribution in [3.63, 3.8) is 0 Å². The lowest BCUT2D eigenvalue weighted by Crippen LogP contribution is -2.19. The fraction of sp³-hybridized carbons (Fsp3) is 0.188. The fourth-order valence-corrected chi connectivity index (χ4v) is 2.23. The topological polar surface area (TPSA) is 37.3 Å². The second-order valence-corrected chi connectivity index (χ2v) is 5.25. The average Bonchev–Trinajstić information content (AvgIpc) is 2.44. The van der Waals surface area contributed by atoms with Gasteiger partial charge < -0.3 is 5.11 Å². The first-order chi connectivity index (χ1) is 9.95. The molecule has 110 valence electrons. The Bertz CT molecular complexity index is 641. The molecule has 1 unspecified atom stereocenters. The molecule has 0 bridgehead atoms. The van der Waals surface area contributed by atoms with Gasteiger partial charge in [0.05, 0.1) is 5.92 Å². The third-order valence-electron chi connectivity index (χ3n) is 3.21. The van der Waals surface area contributed by atoms with Crippen LogP contribution >= 0.6 is 11.6 Å². The first kappa shape index (κ1) is 15.4. The van der Waals surface area contributed by atoms with Crippen molar-refractivity contribution in [2.24, 2.45) is 5.92 Å². The van der Waals surface area contributed by atoms with Gasteiger partial charge in [-0.3, -0.25) is 4.79 Å². The highest BCUT2D eigenvalue weighted by Gasteiger charge is 2.19. The number of rotatable bonds is 5. The van der Waals surface area contributed by atoms with Crippen molar-refractivity contribution in [2.75, 3.05) is 0 Å². The summed E-state index contributed by atoms with van der Waals surface area (Å²) < 4.78 is 26.0. The van der Waals surface area contributed by atoms with Crippen molar-refractivity contribution < 1.29 is 18.7 Å². The Balaban J connectivity index is 2.13. The van der Waals surface area contributed by atoms with Crippen LogP contribution in [0.1, 0.15) is 11.1 Å². The lowest BCUT2D eigenvalue weighted by molar-refractivity contribution is -0.141. The van der Waals surface area contributed by atoms with Crippen molar-refractivity contribution in [1.29, 1.82) is 0 Å². The van der Waals surface area contributed by atoms with Crippen LogP contribution in [-0.2, 0) is 17.6 Å². The molecule has 2 nitrogen and oxygen atoms in total. The molecule has 2 rings (SSSR count). The normalized spacial score (nSPS) is 12.1. The lowest BCUT2D eigenvalue weighted by atomic mass is 9.92. The Morgan fingerprint density at radius 3 is 2.14 bits per heavy atom. The van der Waals surface area contributed by atoms with Crippen molar-refractivity contribution in [3.8, 4) is 0 Å². The highest BCUT2D eigenvalue weighted by Crippen LogP contribution is 2.18. The first-order valence-corrected chi connectivity index (χ1v) is 6.74. The molecule has 1 N–H and O–H groups in total. The van der Waals surface area contributed by atoms with Crippen LogP contribution in [0.3, 0.4) is 0 Å². The molecule has 0 aromatic heterocycles. The predicted molar refractivity (Wildman–Crippen MR) is 76.3 cm³/mol. The molecule has 0 heterocycles. The molecule has 0 radical (unpaired) electrons. The summed E-state index contributed by atoms with van der Waals surface area (Å²) in [6.45, 7) is 0. The van der Waals surface area contributed by atoms with Crippen LogP contribution in [0, 0.1) is 17.6 Å². The zero-order chi connectivity index (χ0) is 15.4. The SMILES string of the molecule is O=C(O)C(Cc1ccc(Cl)cc1)Cc1ccc(F)c(F)c1. The van der Waals surface area contributed by atoms with Gasteiger partial charge in [-0.1, -0.05) is 29.8 Å². The number of carbonyl (C=O) groups is 1. The third-order valence-corrected chi connectivity index (χ3v) is 3.46. The Labute approximate surface area is 126 Å². The Kier molecular flexibility index (Phi) is 4.91. The third kappa shape index (κ3) is 4.26. The molecule has 2 aromatic carbocycles. The van der Waals surface area contributed by atoms with Gasteiger partial charge in [-0.15, -0.1) is 0 Å². The van der Waals surface area contributed by atoms with E-state index in [2.05, 4.69) is 0 Å². The summed E-state index contributed by atoms with van der Waals surface area (Å²) in [5.74, 6) is -3.60. The molecule has 0 saturated heterocycles. The van der Waals surface area contributed by atoms with Gasteiger partial charge in [0, 0.05) is 5.02 Å². The van der Waals surface area contributed by atoms with Crippen LogP contribution in [0.4, 0.5) is 8.78 Å². The summed E-state index contributed by atoms with van der Waals surface area (Å²) in [6, 6.07) is 10.3. The molecule has 0 saturated carbocycles. The number of halogens is 3. The molecule has 0 aliphatic rings. The van der Waals surface area contributed by atoms with Gasteiger partial charge in [-0.05, 0) is 48.2 Å². The van der Waals surface area contributed by atoms with Crippen molar-refractivity contribution in [2.45, 2.75) is 12.8 Å². The van der Waals surface area contributed by atoms with E-state index < -0.39 is 23.5 Å². The molecular formula is C16H13ClF2O2. The van der Waals surface area contributed by atoms with Crippen LogP contribution in [0.15, 0.2) is 42.5 Å².